The van der Waals surface area contributed by atoms with Gasteiger partial charge in [0, 0.05) is 34.0 Å². The summed E-state index contributed by atoms with van der Waals surface area (Å²) in [4.78, 5) is 38.6. The second-order valence-electron chi connectivity index (χ2n) is 9.23. The van der Waals surface area contributed by atoms with E-state index in [0.717, 1.165) is 5.56 Å². The van der Waals surface area contributed by atoms with Crippen molar-refractivity contribution in [2.24, 2.45) is 0 Å². The van der Waals surface area contributed by atoms with Crippen molar-refractivity contribution in [3.8, 4) is 11.5 Å². The van der Waals surface area contributed by atoms with Crippen LogP contribution in [0.2, 0.25) is 5.02 Å². The third kappa shape index (κ3) is 4.55. The zero-order valence-corrected chi connectivity index (χ0v) is 21.1. The first-order valence-electron chi connectivity index (χ1n) is 12.0. The number of esters is 1. The van der Waals surface area contributed by atoms with Gasteiger partial charge in [0.1, 0.15) is 0 Å². The summed E-state index contributed by atoms with van der Waals surface area (Å²) in [7, 11) is 0. The van der Waals surface area contributed by atoms with Gasteiger partial charge >= 0.3 is 5.97 Å². The van der Waals surface area contributed by atoms with Crippen LogP contribution in [0.4, 0.5) is 5.69 Å². The van der Waals surface area contributed by atoms with Gasteiger partial charge in [0.25, 0.3) is 5.69 Å². The first-order chi connectivity index (χ1) is 17.8. The second kappa shape index (κ2) is 9.89. The van der Waals surface area contributed by atoms with Crippen LogP contribution in [-0.2, 0) is 14.3 Å². The quantitative estimate of drug-likeness (QED) is 0.307. The molecule has 2 aromatic rings. The standard InChI is InChI=1S/C27H25ClN2O7/c1-3-8-35-27(32)24-14(2)29-19-9-16(15-4-6-17(28)7-5-15)10-21(31)26(19)25(24)18-11-22-23(37-13-36-22)12-20(18)30(33)34/h4-7,11-12,16,25,29H,3,8-10,13H2,1-2H3/t16-,25-/m0/s1. The van der Waals surface area contributed by atoms with Crippen LogP contribution in [0.3, 0.4) is 0 Å². The van der Waals surface area contributed by atoms with E-state index in [2.05, 4.69) is 5.32 Å². The summed E-state index contributed by atoms with van der Waals surface area (Å²) in [6, 6.07) is 10.1. The number of rotatable bonds is 6. The molecule has 37 heavy (non-hydrogen) atoms. The Hall–Kier alpha value is -3.85. The summed E-state index contributed by atoms with van der Waals surface area (Å²) in [5.41, 5.74) is 2.52. The van der Waals surface area contributed by atoms with Crippen molar-refractivity contribution in [3.05, 3.63) is 85.2 Å². The number of benzene rings is 2. The van der Waals surface area contributed by atoms with Gasteiger partial charge in [-0.15, -0.1) is 0 Å². The molecule has 3 aliphatic rings. The largest absolute Gasteiger partial charge is 0.462 e. The number of hydrogen-bond donors (Lipinski definition) is 1. The van der Waals surface area contributed by atoms with E-state index < -0.39 is 16.8 Å². The van der Waals surface area contributed by atoms with Crippen LogP contribution >= 0.6 is 11.6 Å². The molecule has 0 saturated carbocycles. The van der Waals surface area contributed by atoms with Crippen LogP contribution in [0.15, 0.2) is 58.9 Å². The van der Waals surface area contributed by atoms with Gasteiger partial charge in [0.2, 0.25) is 6.79 Å². The number of nitro groups is 1. The zero-order valence-electron chi connectivity index (χ0n) is 20.3. The SMILES string of the molecule is CCCOC(=O)C1=C(C)NC2=C(C(=O)C[C@@H](c3ccc(Cl)cc3)C2)[C@H]1c1cc2c(cc1[N+](=O)[O-])OCO2. The molecule has 0 spiro atoms. The number of nitrogens with one attached hydrogen (secondary N) is 1. The van der Waals surface area contributed by atoms with Gasteiger partial charge in [0.05, 0.1) is 29.1 Å². The number of dihydropyridines is 1. The number of nitrogens with zero attached hydrogens (tertiary/aromatic N) is 1. The molecule has 2 aliphatic heterocycles. The molecule has 2 aromatic carbocycles. The molecule has 0 bridgehead atoms. The van der Waals surface area contributed by atoms with Crippen molar-refractivity contribution in [1.82, 2.24) is 5.32 Å². The molecule has 1 N–H and O–H groups in total. The van der Waals surface area contributed by atoms with Gasteiger partial charge in [-0.1, -0.05) is 30.7 Å². The Balaban J connectivity index is 1.66. The molecular weight excluding hydrogens is 500 g/mol. The van der Waals surface area contributed by atoms with Gasteiger partial charge in [-0.3, -0.25) is 14.9 Å². The number of nitro benzene ring substituents is 1. The summed E-state index contributed by atoms with van der Waals surface area (Å²) in [6.07, 6.45) is 1.29. The maximum absolute atomic E-state index is 13.7. The zero-order chi connectivity index (χ0) is 26.3. The molecule has 0 unspecified atom stereocenters. The number of allylic oxidation sites excluding steroid dienone is 3. The summed E-state index contributed by atoms with van der Waals surface area (Å²) in [6.45, 7) is 3.70. The topological polar surface area (TPSA) is 117 Å². The highest BCUT2D eigenvalue weighted by Gasteiger charge is 2.44. The number of fused-ring (bicyclic) bond motifs is 1. The van der Waals surface area contributed by atoms with Gasteiger partial charge in [-0.25, -0.2) is 4.79 Å². The second-order valence-corrected chi connectivity index (χ2v) is 9.66. The Bertz CT molecular complexity index is 1360. The molecule has 2 heterocycles. The van der Waals surface area contributed by atoms with E-state index in [1.54, 1.807) is 19.1 Å². The summed E-state index contributed by atoms with van der Waals surface area (Å²) >= 11 is 6.05. The van der Waals surface area contributed by atoms with Gasteiger partial charge in [-0.2, -0.15) is 0 Å². The van der Waals surface area contributed by atoms with E-state index in [9.17, 15) is 19.7 Å². The molecule has 10 heteroatoms. The minimum absolute atomic E-state index is 0.0714. The molecule has 0 amide bonds. The Morgan fingerprint density at radius 1 is 1.19 bits per heavy atom. The molecule has 1 aliphatic carbocycles. The van der Waals surface area contributed by atoms with Crippen molar-refractivity contribution in [2.45, 2.75) is 44.9 Å². The number of hydrogen-bond acceptors (Lipinski definition) is 8. The number of Topliss-reactive ketones (excluding diaryl/α,β-unsaturated/α-hetero) is 1. The van der Waals surface area contributed by atoms with Crippen molar-refractivity contribution >= 4 is 29.0 Å². The van der Waals surface area contributed by atoms with E-state index in [0.29, 0.717) is 40.6 Å². The molecule has 0 fully saturated rings. The van der Waals surface area contributed by atoms with E-state index in [-0.39, 0.29) is 54.1 Å². The lowest BCUT2D eigenvalue weighted by molar-refractivity contribution is -0.385. The summed E-state index contributed by atoms with van der Waals surface area (Å²) < 4.78 is 16.3. The van der Waals surface area contributed by atoms with E-state index >= 15 is 0 Å². The maximum atomic E-state index is 13.7. The smallest absolute Gasteiger partial charge is 0.336 e. The minimum Gasteiger partial charge on any atom is -0.462 e. The first-order valence-corrected chi connectivity index (χ1v) is 12.4. The lowest BCUT2D eigenvalue weighted by Crippen LogP contribution is -2.36. The van der Waals surface area contributed by atoms with E-state index in [1.165, 1.54) is 12.1 Å². The first kappa shape index (κ1) is 24.8. The van der Waals surface area contributed by atoms with Crippen LogP contribution in [-0.4, -0.2) is 30.1 Å². The lowest BCUT2D eigenvalue weighted by Gasteiger charge is -2.36. The monoisotopic (exact) mass is 524 g/mol. The van der Waals surface area contributed by atoms with Gasteiger partial charge in [-0.05, 0) is 49.4 Å². The highest BCUT2D eigenvalue weighted by Crippen LogP contribution is 2.50. The Kier molecular flexibility index (Phi) is 6.64. The summed E-state index contributed by atoms with van der Waals surface area (Å²) in [5.74, 6) is -1.35. The van der Waals surface area contributed by atoms with Crippen molar-refractivity contribution < 1.29 is 28.7 Å². The van der Waals surface area contributed by atoms with Crippen LogP contribution < -0.4 is 14.8 Å². The average Bonchev–Trinajstić information content (AvgIpc) is 3.33. The van der Waals surface area contributed by atoms with Gasteiger partial charge in [0.15, 0.2) is 17.3 Å². The van der Waals surface area contributed by atoms with E-state index in [4.69, 9.17) is 25.8 Å². The van der Waals surface area contributed by atoms with Crippen molar-refractivity contribution in [1.29, 1.82) is 0 Å². The predicted octanol–water partition coefficient (Wildman–Crippen LogP) is 5.29. The average molecular weight is 525 g/mol. The number of halogens is 1. The van der Waals surface area contributed by atoms with Crippen molar-refractivity contribution in [2.75, 3.05) is 13.4 Å². The predicted molar refractivity (Wildman–Crippen MR) is 135 cm³/mol. The molecule has 9 nitrogen and oxygen atoms in total. The molecular formula is C27H25ClN2O7. The molecule has 192 valence electrons. The maximum Gasteiger partial charge on any atom is 0.336 e. The van der Waals surface area contributed by atoms with Crippen LogP contribution in [0.1, 0.15) is 56.1 Å². The number of carbonyl (C=O) groups excluding carboxylic acids is 2. The number of carbonyl (C=O) groups is 2. The molecule has 2 atom stereocenters. The fourth-order valence-electron chi connectivity index (χ4n) is 5.20. The molecule has 5 rings (SSSR count). The summed E-state index contributed by atoms with van der Waals surface area (Å²) in [5, 5.41) is 16.0. The third-order valence-electron chi connectivity index (χ3n) is 6.86. The molecule has 0 radical (unpaired) electrons. The Labute approximate surface area is 218 Å². The Morgan fingerprint density at radius 2 is 1.89 bits per heavy atom. The van der Waals surface area contributed by atoms with Crippen molar-refractivity contribution in [3.63, 3.8) is 0 Å². The van der Waals surface area contributed by atoms with Crippen LogP contribution in [0.25, 0.3) is 0 Å². The van der Waals surface area contributed by atoms with E-state index in [1.807, 2.05) is 19.1 Å². The number of ether oxygens (including phenoxy) is 3. The third-order valence-corrected chi connectivity index (χ3v) is 7.11. The normalized spacial score (nSPS) is 20.5. The highest BCUT2D eigenvalue weighted by molar-refractivity contribution is 6.30. The highest BCUT2D eigenvalue weighted by atomic mass is 35.5. The minimum atomic E-state index is -0.992. The fraction of sp³-hybridized carbons (Fsp3) is 0.333. The lowest BCUT2D eigenvalue weighted by atomic mass is 9.71. The van der Waals surface area contributed by atoms with Crippen LogP contribution in [0.5, 0.6) is 11.5 Å². The Morgan fingerprint density at radius 3 is 2.57 bits per heavy atom. The van der Waals surface area contributed by atoms with Crippen LogP contribution in [0, 0.1) is 10.1 Å². The molecule has 0 aromatic heterocycles. The number of ketones is 1. The van der Waals surface area contributed by atoms with Gasteiger partial charge < -0.3 is 19.5 Å². The fourth-order valence-corrected chi connectivity index (χ4v) is 5.33. The molecule has 0 saturated heterocycles.